The number of aromatic nitrogens is 3. The maximum atomic E-state index is 13.8. The Balaban J connectivity index is 1.02. The van der Waals surface area contributed by atoms with E-state index >= 15 is 0 Å². The van der Waals surface area contributed by atoms with Crippen molar-refractivity contribution >= 4 is 34.0 Å². The van der Waals surface area contributed by atoms with Gasteiger partial charge in [0.25, 0.3) is 0 Å². The fraction of sp³-hybridized carbons (Fsp3) is 0.145. The molecule has 4 nitrogen and oxygen atoms in total. The Hall–Kier alpha value is -6.48. The van der Waals surface area contributed by atoms with Gasteiger partial charge in [-0.05, 0) is 81.1 Å². The zero-order valence-electron chi connectivity index (χ0n) is 34.1. The van der Waals surface area contributed by atoms with Crippen LogP contribution < -0.4 is 5.30 Å². The van der Waals surface area contributed by atoms with Gasteiger partial charge in [-0.25, -0.2) is 15.0 Å². The third-order valence-corrected chi connectivity index (χ3v) is 14.0. The van der Waals surface area contributed by atoms with Gasteiger partial charge in [0, 0.05) is 27.4 Å². The molecule has 0 saturated heterocycles. The average molecular weight is 796 g/mol. The van der Waals surface area contributed by atoms with E-state index in [4.69, 9.17) is 15.0 Å². The van der Waals surface area contributed by atoms with Crippen LogP contribution in [0, 0.1) is 0 Å². The van der Waals surface area contributed by atoms with Crippen LogP contribution in [0.3, 0.4) is 0 Å². The number of rotatable bonds is 8. The quantitative estimate of drug-likeness (QED) is 0.114. The van der Waals surface area contributed by atoms with Gasteiger partial charge in [-0.1, -0.05) is 201 Å². The topological polar surface area (TPSA) is 55.7 Å². The van der Waals surface area contributed by atoms with Crippen LogP contribution in [0.2, 0.25) is 0 Å². The molecule has 8 aromatic carbocycles. The first-order chi connectivity index (χ1) is 29.4. The molecular weight excluding hydrogens is 750 g/mol. The lowest BCUT2D eigenvalue weighted by Gasteiger charge is -2.39. The summed E-state index contributed by atoms with van der Waals surface area (Å²) in [6, 6.07) is 64.4. The lowest BCUT2D eigenvalue weighted by atomic mass is 9.65. The molecule has 0 spiro atoms. The molecule has 0 N–H and O–H groups in total. The molecule has 292 valence electrons. The summed E-state index contributed by atoms with van der Waals surface area (Å²) in [5.41, 5.74) is 10.2. The fourth-order valence-electron chi connectivity index (χ4n) is 9.58. The van der Waals surface area contributed by atoms with Crippen LogP contribution >= 0.6 is 7.14 Å². The third-order valence-electron chi connectivity index (χ3n) is 12.5. The minimum atomic E-state index is -2.57. The van der Waals surface area contributed by atoms with Crippen molar-refractivity contribution in [2.75, 3.05) is 13.3 Å². The molecule has 0 aliphatic heterocycles. The van der Waals surface area contributed by atoms with Crippen molar-refractivity contribution in [2.45, 2.75) is 37.5 Å². The number of hydrogen-bond donors (Lipinski definition) is 0. The van der Waals surface area contributed by atoms with E-state index in [-0.39, 0.29) is 5.41 Å². The van der Waals surface area contributed by atoms with Gasteiger partial charge in [0.15, 0.2) is 17.5 Å². The summed E-state index contributed by atoms with van der Waals surface area (Å²) in [5.74, 6) is 1.97. The van der Waals surface area contributed by atoms with Crippen LogP contribution in [0.5, 0.6) is 0 Å². The highest BCUT2D eigenvalue weighted by atomic mass is 31.2. The molecule has 0 unspecified atom stereocenters. The summed E-state index contributed by atoms with van der Waals surface area (Å²) >= 11 is 0. The fourth-order valence-corrected chi connectivity index (χ4v) is 11.1. The first-order valence-electron chi connectivity index (χ1n) is 21.0. The Morgan fingerprint density at radius 2 is 0.733 bits per heavy atom. The highest BCUT2D eigenvalue weighted by molar-refractivity contribution is 7.71. The summed E-state index contributed by atoms with van der Waals surface area (Å²) in [7, 11) is -2.57. The van der Waals surface area contributed by atoms with Crippen molar-refractivity contribution in [3.05, 3.63) is 193 Å². The monoisotopic (exact) mass is 795 g/mol. The molecule has 5 heteroatoms. The number of hydrogen-bond acceptors (Lipinski definition) is 4. The Morgan fingerprint density at radius 1 is 0.383 bits per heavy atom. The minimum Gasteiger partial charge on any atom is -0.319 e. The van der Waals surface area contributed by atoms with Gasteiger partial charge in [-0.2, -0.15) is 0 Å². The van der Waals surface area contributed by atoms with E-state index < -0.39 is 7.14 Å². The zero-order valence-corrected chi connectivity index (χ0v) is 34.9. The van der Waals surface area contributed by atoms with Gasteiger partial charge in [-0.15, -0.1) is 0 Å². The van der Waals surface area contributed by atoms with Crippen LogP contribution in [0.15, 0.2) is 182 Å². The molecular formula is C55H46N3OP. The molecule has 0 atom stereocenters. The van der Waals surface area contributed by atoms with Crippen LogP contribution in [0.4, 0.5) is 0 Å². The maximum Gasteiger partial charge on any atom is 0.164 e. The predicted octanol–water partition coefficient (Wildman–Crippen LogP) is 14.0. The first kappa shape index (κ1) is 37.8. The largest absolute Gasteiger partial charge is 0.319 e. The summed E-state index contributed by atoms with van der Waals surface area (Å²) in [5, 5.41) is 5.42. The van der Waals surface area contributed by atoms with Gasteiger partial charge >= 0.3 is 0 Å². The van der Waals surface area contributed by atoms with Gasteiger partial charge in [-0.3, -0.25) is 0 Å². The summed E-state index contributed by atoms with van der Waals surface area (Å²) < 4.78 is 13.8. The molecule has 1 aliphatic rings. The molecule has 1 saturated carbocycles. The molecule has 1 heterocycles. The summed E-state index contributed by atoms with van der Waals surface area (Å²) in [4.78, 5) is 15.1. The van der Waals surface area contributed by atoms with Crippen LogP contribution in [-0.2, 0) is 9.98 Å². The van der Waals surface area contributed by atoms with E-state index in [2.05, 4.69) is 158 Å². The number of fused-ring (bicyclic) bond motifs is 2. The van der Waals surface area contributed by atoms with E-state index in [1.54, 1.807) is 0 Å². The van der Waals surface area contributed by atoms with Crippen molar-refractivity contribution in [1.29, 1.82) is 0 Å². The Labute approximate surface area is 352 Å². The standard InChI is InChI=1S/C55H46N3OP/c1-60(2,59)51-48-22-12-10-20-46(48)50(47-21-11-13-23-49(47)51)40-28-32-44(33-29-40)55(36-14-5-15-37-55)45-34-30-43(31-35-45)54-57-52(41-18-8-4-9-19-41)56-53(58-54)42-26-24-39(25-27-42)38-16-6-3-7-17-38/h3-4,6-13,16-35H,5,14-15,36-37H2,1-2H3. The van der Waals surface area contributed by atoms with Crippen LogP contribution in [0.25, 0.3) is 78.0 Å². The SMILES string of the molecule is CP(C)(=O)c1c2ccccc2c(-c2ccc(C3(c4ccc(-c5nc(-c6ccccc6)nc(-c6ccc(-c7ccccc7)cc6)n5)cc4)CCCCC3)cc2)c2ccccc12. The average Bonchev–Trinajstić information content (AvgIpc) is 3.31. The van der Waals surface area contributed by atoms with Crippen molar-refractivity contribution in [3.8, 4) is 56.4 Å². The molecule has 0 radical (unpaired) electrons. The molecule has 1 fully saturated rings. The maximum absolute atomic E-state index is 13.8. The van der Waals surface area contributed by atoms with Crippen LogP contribution in [-0.4, -0.2) is 28.3 Å². The molecule has 60 heavy (non-hydrogen) atoms. The zero-order chi connectivity index (χ0) is 40.7. The number of benzene rings is 8. The smallest absolute Gasteiger partial charge is 0.164 e. The molecule has 0 bridgehead atoms. The van der Waals surface area contributed by atoms with Gasteiger partial charge < -0.3 is 4.57 Å². The lowest BCUT2D eigenvalue weighted by Crippen LogP contribution is -2.30. The highest BCUT2D eigenvalue weighted by Crippen LogP contribution is 2.48. The van der Waals surface area contributed by atoms with Crippen molar-refractivity contribution in [2.24, 2.45) is 0 Å². The normalized spacial score (nSPS) is 14.0. The van der Waals surface area contributed by atoms with Gasteiger partial charge in [0.2, 0.25) is 0 Å². The second kappa shape index (κ2) is 15.6. The van der Waals surface area contributed by atoms with E-state index in [9.17, 15) is 4.57 Å². The van der Waals surface area contributed by atoms with E-state index in [0.29, 0.717) is 17.5 Å². The first-order valence-corrected chi connectivity index (χ1v) is 23.6. The molecule has 0 amide bonds. The Kier molecular flexibility index (Phi) is 9.82. The number of nitrogens with zero attached hydrogens (tertiary/aromatic N) is 3. The lowest BCUT2D eigenvalue weighted by molar-refractivity contribution is 0.346. The second-order valence-electron chi connectivity index (χ2n) is 16.6. The molecule has 9 aromatic rings. The van der Waals surface area contributed by atoms with E-state index in [1.807, 2.05) is 37.6 Å². The van der Waals surface area contributed by atoms with Crippen molar-refractivity contribution < 1.29 is 4.57 Å². The van der Waals surface area contributed by atoms with Crippen LogP contribution in [0.1, 0.15) is 43.2 Å². The van der Waals surface area contributed by atoms with Crippen molar-refractivity contribution in [1.82, 2.24) is 15.0 Å². The highest BCUT2D eigenvalue weighted by Gasteiger charge is 2.36. The van der Waals surface area contributed by atoms with E-state index in [0.717, 1.165) is 61.9 Å². The summed E-state index contributed by atoms with van der Waals surface area (Å²) in [6.07, 6.45) is 5.83. The summed E-state index contributed by atoms with van der Waals surface area (Å²) in [6.45, 7) is 3.78. The van der Waals surface area contributed by atoms with Crippen molar-refractivity contribution in [3.63, 3.8) is 0 Å². The Morgan fingerprint density at radius 3 is 1.20 bits per heavy atom. The predicted molar refractivity (Wildman–Crippen MR) is 251 cm³/mol. The Bertz CT molecular complexity index is 2970. The molecule has 10 rings (SSSR count). The molecule has 1 aromatic heterocycles. The minimum absolute atomic E-state index is 0.0969. The van der Waals surface area contributed by atoms with E-state index in [1.165, 1.54) is 47.1 Å². The van der Waals surface area contributed by atoms with Gasteiger partial charge in [0.1, 0.15) is 7.14 Å². The second-order valence-corrected chi connectivity index (χ2v) is 19.7. The third kappa shape index (κ3) is 6.95. The van der Waals surface area contributed by atoms with Gasteiger partial charge in [0.05, 0.1) is 0 Å². The molecule has 1 aliphatic carbocycles.